The second-order valence-electron chi connectivity index (χ2n) is 5.83. The van der Waals surface area contributed by atoms with Gasteiger partial charge in [0.1, 0.15) is 0 Å². The van der Waals surface area contributed by atoms with Gasteiger partial charge < -0.3 is 16.2 Å². The molecule has 0 saturated heterocycles. The van der Waals surface area contributed by atoms with Crippen LogP contribution >= 0.6 is 0 Å². The molecule has 0 unspecified atom stereocenters. The Bertz CT molecular complexity index is 534. The minimum atomic E-state index is -0.668. The van der Waals surface area contributed by atoms with Gasteiger partial charge in [-0.25, -0.2) is 0 Å². The number of rotatable bonds is 5. The number of aryl methyl sites for hydroxylation is 1. The number of primary amides is 1. The molecule has 5 nitrogen and oxygen atoms in total. The molecule has 0 bridgehead atoms. The van der Waals surface area contributed by atoms with Crippen molar-refractivity contribution in [3.8, 4) is 0 Å². The Morgan fingerprint density at radius 1 is 1.29 bits per heavy atom. The smallest absolute Gasteiger partial charge is 0.306 e. The molecule has 0 aromatic heterocycles. The van der Waals surface area contributed by atoms with Gasteiger partial charge in [-0.2, -0.15) is 0 Å². The van der Waals surface area contributed by atoms with Crippen LogP contribution in [0.2, 0.25) is 0 Å². The Hall–Kier alpha value is -2.04. The summed E-state index contributed by atoms with van der Waals surface area (Å²) in [6.07, 6.45) is 3.42. The molecule has 1 saturated carbocycles. The second-order valence-corrected chi connectivity index (χ2v) is 5.83. The van der Waals surface area contributed by atoms with Crippen LogP contribution in [0.1, 0.15) is 41.6 Å². The molecule has 114 valence electrons. The molecule has 1 aliphatic carbocycles. The zero-order chi connectivity index (χ0) is 15.4. The Morgan fingerprint density at radius 3 is 2.48 bits per heavy atom. The van der Waals surface area contributed by atoms with Crippen molar-refractivity contribution in [1.29, 1.82) is 0 Å². The van der Waals surface area contributed by atoms with Crippen molar-refractivity contribution in [2.75, 3.05) is 11.9 Å². The molecule has 0 atom stereocenters. The van der Waals surface area contributed by atoms with E-state index >= 15 is 0 Å². The first-order valence-electron chi connectivity index (χ1n) is 7.34. The predicted molar refractivity (Wildman–Crippen MR) is 81.3 cm³/mol. The standard InChI is InChI=1S/C16H22N2O3/c1-10-8-13(6-7-14(10)15(17)19)18-9-11-2-4-12(5-3-11)16(20)21/h6-8,11-12,18H,2-5,9H2,1H3,(H2,17,19)(H,20,21). The van der Waals surface area contributed by atoms with Crippen molar-refractivity contribution >= 4 is 17.6 Å². The van der Waals surface area contributed by atoms with Crippen LogP contribution in [0.5, 0.6) is 0 Å². The SMILES string of the molecule is Cc1cc(NCC2CCC(C(=O)O)CC2)ccc1C(N)=O. The summed E-state index contributed by atoms with van der Waals surface area (Å²) in [5.74, 6) is -0.736. The fourth-order valence-corrected chi connectivity index (χ4v) is 2.93. The van der Waals surface area contributed by atoms with Gasteiger partial charge in [-0.3, -0.25) is 9.59 Å². The van der Waals surface area contributed by atoms with E-state index in [1.165, 1.54) is 0 Å². The monoisotopic (exact) mass is 290 g/mol. The van der Waals surface area contributed by atoms with Crippen molar-refractivity contribution in [3.63, 3.8) is 0 Å². The van der Waals surface area contributed by atoms with Gasteiger partial charge >= 0.3 is 5.97 Å². The molecule has 4 N–H and O–H groups in total. The summed E-state index contributed by atoms with van der Waals surface area (Å²) in [5, 5.41) is 12.3. The van der Waals surface area contributed by atoms with Gasteiger partial charge in [0.25, 0.3) is 0 Å². The van der Waals surface area contributed by atoms with E-state index in [9.17, 15) is 9.59 Å². The summed E-state index contributed by atoms with van der Waals surface area (Å²) in [5.41, 5.74) is 7.66. The highest BCUT2D eigenvalue weighted by Crippen LogP contribution is 2.29. The van der Waals surface area contributed by atoms with Gasteiger partial charge in [0.2, 0.25) is 5.91 Å². The van der Waals surface area contributed by atoms with Crippen LogP contribution in [0.15, 0.2) is 18.2 Å². The number of hydrogen-bond donors (Lipinski definition) is 3. The van der Waals surface area contributed by atoms with Gasteiger partial charge in [-0.1, -0.05) is 0 Å². The molecular weight excluding hydrogens is 268 g/mol. The summed E-state index contributed by atoms with van der Waals surface area (Å²) in [6, 6.07) is 5.51. The molecule has 5 heteroatoms. The van der Waals surface area contributed by atoms with Gasteiger partial charge in [0.15, 0.2) is 0 Å². The summed E-state index contributed by atoms with van der Waals surface area (Å²) in [7, 11) is 0. The lowest BCUT2D eigenvalue weighted by Gasteiger charge is -2.26. The highest BCUT2D eigenvalue weighted by atomic mass is 16.4. The lowest BCUT2D eigenvalue weighted by molar-refractivity contribution is -0.143. The molecule has 1 fully saturated rings. The molecule has 0 spiro atoms. The van der Waals surface area contributed by atoms with Crippen molar-refractivity contribution in [2.24, 2.45) is 17.6 Å². The Balaban J connectivity index is 1.85. The third-order valence-corrected chi connectivity index (χ3v) is 4.28. The van der Waals surface area contributed by atoms with Crippen molar-refractivity contribution < 1.29 is 14.7 Å². The third kappa shape index (κ3) is 3.97. The van der Waals surface area contributed by atoms with Gasteiger partial charge in [-0.05, 0) is 62.3 Å². The van der Waals surface area contributed by atoms with E-state index in [2.05, 4.69) is 5.32 Å². The van der Waals surface area contributed by atoms with Crippen LogP contribution in [0.25, 0.3) is 0 Å². The molecule has 0 heterocycles. The fraction of sp³-hybridized carbons (Fsp3) is 0.500. The van der Waals surface area contributed by atoms with Crippen molar-refractivity contribution in [1.82, 2.24) is 0 Å². The first-order chi connectivity index (χ1) is 9.97. The van der Waals surface area contributed by atoms with Gasteiger partial charge in [0, 0.05) is 17.8 Å². The van der Waals surface area contributed by atoms with Crippen LogP contribution in [-0.4, -0.2) is 23.5 Å². The zero-order valence-electron chi connectivity index (χ0n) is 12.3. The third-order valence-electron chi connectivity index (χ3n) is 4.28. The van der Waals surface area contributed by atoms with E-state index < -0.39 is 11.9 Å². The largest absolute Gasteiger partial charge is 0.481 e. The average Bonchev–Trinajstić information content (AvgIpc) is 2.45. The number of anilines is 1. The van der Waals surface area contributed by atoms with E-state index in [1.807, 2.05) is 19.1 Å². The van der Waals surface area contributed by atoms with Crippen molar-refractivity contribution in [3.05, 3.63) is 29.3 Å². The Morgan fingerprint density at radius 2 is 1.95 bits per heavy atom. The quantitative estimate of drug-likeness (QED) is 0.776. The predicted octanol–water partition coefficient (Wildman–Crippen LogP) is 2.40. The number of nitrogens with one attached hydrogen (secondary N) is 1. The molecular formula is C16H22N2O3. The van der Waals surface area contributed by atoms with Crippen LogP contribution in [0.4, 0.5) is 5.69 Å². The topological polar surface area (TPSA) is 92.4 Å². The lowest BCUT2D eigenvalue weighted by atomic mass is 9.82. The molecule has 1 amide bonds. The van der Waals surface area contributed by atoms with Gasteiger partial charge in [-0.15, -0.1) is 0 Å². The first-order valence-corrected chi connectivity index (χ1v) is 7.34. The molecule has 0 aliphatic heterocycles. The number of carboxylic acids is 1. The normalized spacial score (nSPS) is 21.8. The van der Waals surface area contributed by atoms with Crippen LogP contribution < -0.4 is 11.1 Å². The van der Waals surface area contributed by atoms with Crippen LogP contribution in [-0.2, 0) is 4.79 Å². The number of nitrogens with two attached hydrogens (primary N) is 1. The number of carbonyl (C=O) groups excluding carboxylic acids is 1. The summed E-state index contributed by atoms with van der Waals surface area (Å²) < 4.78 is 0. The number of aliphatic carboxylic acids is 1. The minimum absolute atomic E-state index is 0.168. The maximum absolute atomic E-state index is 11.2. The van der Waals surface area contributed by atoms with E-state index in [1.54, 1.807) is 6.07 Å². The maximum atomic E-state index is 11.2. The lowest BCUT2D eigenvalue weighted by Crippen LogP contribution is -2.25. The molecule has 2 rings (SSSR count). The zero-order valence-corrected chi connectivity index (χ0v) is 12.3. The molecule has 1 aliphatic rings. The minimum Gasteiger partial charge on any atom is -0.481 e. The number of amides is 1. The Kier molecular flexibility index (Phi) is 4.83. The number of carbonyl (C=O) groups is 2. The molecule has 0 radical (unpaired) electrons. The van der Waals surface area contributed by atoms with E-state index in [0.717, 1.165) is 43.5 Å². The molecule has 1 aromatic rings. The summed E-state index contributed by atoms with van der Waals surface area (Å²) >= 11 is 0. The van der Waals surface area contributed by atoms with E-state index in [0.29, 0.717) is 11.5 Å². The first kappa shape index (κ1) is 15.4. The van der Waals surface area contributed by atoms with E-state index in [4.69, 9.17) is 10.8 Å². The second kappa shape index (κ2) is 6.61. The summed E-state index contributed by atoms with van der Waals surface area (Å²) in [6.45, 7) is 2.70. The highest BCUT2D eigenvalue weighted by Gasteiger charge is 2.25. The maximum Gasteiger partial charge on any atom is 0.306 e. The molecule has 1 aromatic carbocycles. The van der Waals surface area contributed by atoms with Gasteiger partial charge in [0.05, 0.1) is 5.92 Å². The highest BCUT2D eigenvalue weighted by molar-refractivity contribution is 5.94. The summed E-state index contributed by atoms with van der Waals surface area (Å²) in [4.78, 5) is 22.1. The Labute approximate surface area is 124 Å². The number of carboxylic acid groups (broad SMARTS) is 1. The number of hydrogen-bond acceptors (Lipinski definition) is 3. The fourth-order valence-electron chi connectivity index (χ4n) is 2.93. The van der Waals surface area contributed by atoms with Crippen molar-refractivity contribution in [2.45, 2.75) is 32.6 Å². The number of benzene rings is 1. The van der Waals surface area contributed by atoms with E-state index in [-0.39, 0.29) is 5.92 Å². The van der Waals surface area contributed by atoms with Crippen LogP contribution in [0.3, 0.4) is 0 Å². The average molecular weight is 290 g/mol. The van der Waals surface area contributed by atoms with Crippen LogP contribution in [0, 0.1) is 18.8 Å². The molecule has 21 heavy (non-hydrogen) atoms.